The molecule has 0 unspecified atom stereocenters. The fraction of sp³-hybridized carbons (Fsp3) is 0.340. The molecule has 4 aromatic carbocycles. The number of fused-ring (bicyclic) bond motifs is 4. The lowest BCUT2D eigenvalue weighted by molar-refractivity contribution is 0.00290. The first-order valence-electron chi connectivity index (χ1n) is 21.6. The Labute approximate surface area is 372 Å². The number of hydrogen-bond acceptors (Lipinski definition) is 12. The molecule has 1 saturated heterocycles. The fourth-order valence-electron chi connectivity index (χ4n) is 8.64. The van der Waals surface area contributed by atoms with Crippen LogP contribution in [0.3, 0.4) is 0 Å². The second-order valence-electron chi connectivity index (χ2n) is 16.3. The topological polar surface area (TPSA) is 133 Å². The van der Waals surface area contributed by atoms with Crippen molar-refractivity contribution >= 4 is 28.2 Å². The average Bonchev–Trinajstić information content (AvgIpc) is 3.97. The number of benzene rings is 4. The summed E-state index contributed by atoms with van der Waals surface area (Å²) in [6.45, 7) is 15.6. The van der Waals surface area contributed by atoms with Crippen molar-refractivity contribution < 1.29 is 33.9 Å². The summed E-state index contributed by atoms with van der Waals surface area (Å²) in [5, 5.41) is 30.0. The van der Waals surface area contributed by atoms with Gasteiger partial charge in [-0.05, 0) is 124 Å². The molecule has 6 aromatic rings. The molecule has 9 rings (SSSR count). The van der Waals surface area contributed by atoms with Gasteiger partial charge in [-0.1, -0.05) is 24.3 Å². The number of aryl methyl sites for hydroxylation is 2. The number of likely N-dealkylation sites (tertiary alicyclic amines) is 1. The third-order valence-corrected chi connectivity index (χ3v) is 13.3. The minimum atomic E-state index is -0.402. The first-order valence-corrected chi connectivity index (χ1v) is 22.4. The largest absolute Gasteiger partial charge is 0.508 e. The van der Waals surface area contributed by atoms with Crippen LogP contribution in [0.4, 0.5) is 0 Å². The van der Waals surface area contributed by atoms with E-state index in [1.54, 1.807) is 35.6 Å². The van der Waals surface area contributed by atoms with Crippen LogP contribution in [-0.2, 0) is 9.47 Å². The van der Waals surface area contributed by atoms with Crippen LogP contribution in [0.5, 0.6) is 28.7 Å². The van der Waals surface area contributed by atoms with Crippen LogP contribution in [0.1, 0.15) is 82.3 Å². The fourth-order valence-corrected chi connectivity index (χ4v) is 9.85. The predicted octanol–water partition coefficient (Wildman–Crippen LogP) is 9.21. The number of nitrogens with zero attached hydrogens (tertiary/aromatic N) is 5. The van der Waals surface area contributed by atoms with Crippen molar-refractivity contribution in [1.82, 2.24) is 19.7 Å². The molecule has 0 bridgehead atoms. The Morgan fingerprint density at radius 3 is 2.25 bits per heavy atom. The summed E-state index contributed by atoms with van der Waals surface area (Å²) in [5.41, 5.74) is 9.30. The number of aliphatic imine (C=N–C) groups is 1. The highest BCUT2D eigenvalue weighted by Gasteiger charge is 2.31. The van der Waals surface area contributed by atoms with Crippen molar-refractivity contribution in [3.05, 3.63) is 141 Å². The molecule has 13 heteroatoms. The number of aromatic hydroxyl groups is 2. The van der Waals surface area contributed by atoms with E-state index in [1.165, 1.54) is 10.4 Å². The van der Waals surface area contributed by atoms with Gasteiger partial charge in [0.1, 0.15) is 64.9 Å². The van der Waals surface area contributed by atoms with Crippen molar-refractivity contribution in [2.24, 2.45) is 4.99 Å². The van der Waals surface area contributed by atoms with E-state index in [-0.39, 0.29) is 23.6 Å². The van der Waals surface area contributed by atoms with Gasteiger partial charge in [0.2, 0.25) is 0 Å². The van der Waals surface area contributed by atoms with Gasteiger partial charge >= 0.3 is 0 Å². The van der Waals surface area contributed by atoms with Gasteiger partial charge in [-0.3, -0.25) is 14.5 Å². The Kier molecular flexibility index (Phi) is 12.4. The van der Waals surface area contributed by atoms with Crippen LogP contribution in [0.2, 0.25) is 0 Å². The SMILES string of the molecule is CC1=C(c2ccc(O)cc2)[C@H](c2ccc(OCCN3CC[C@@H](OCCOCCOc4ccc(C5=N[C@@H](C)c6nnc(C)n6-c6sc(C)c(C)c65)cc4)C3)cc2)Oc2cc(O)ccc21. The van der Waals surface area contributed by atoms with Crippen LogP contribution < -0.4 is 14.2 Å². The van der Waals surface area contributed by atoms with Gasteiger partial charge in [0, 0.05) is 52.8 Å². The molecule has 0 saturated carbocycles. The number of phenolic OH excluding ortho intramolecular Hbond substituents is 2. The smallest absolute Gasteiger partial charge is 0.162 e. The van der Waals surface area contributed by atoms with Crippen LogP contribution in [0.25, 0.3) is 16.1 Å². The number of hydrogen-bond donors (Lipinski definition) is 2. The average molecular weight is 868 g/mol. The van der Waals surface area contributed by atoms with Gasteiger partial charge in [-0.25, -0.2) is 0 Å². The van der Waals surface area contributed by atoms with Gasteiger partial charge < -0.3 is 33.9 Å². The van der Waals surface area contributed by atoms with Gasteiger partial charge in [-0.15, -0.1) is 21.5 Å². The molecule has 0 aliphatic carbocycles. The lowest BCUT2D eigenvalue weighted by Gasteiger charge is -2.31. The molecular formula is C50H53N5O7S. The van der Waals surface area contributed by atoms with Crippen LogP contribution in [0, 0.1) is 20.8 Å². The van der Waals surface area contributed by atoms with E-state index in [0.29, 0.717) is 38.8 Å². The normalized spacial score (nSPS) is 18.3. The minimum absolute atomic E-state index is 0.124. The van der Waals surface area contributed by atoms with Crippen molar-refractivity contribution in [3.63, 3.8) is 0 Å². The quantitative estimate of drug-likeness (QED) is 0.0963. The number of ether oxygens (including phenoxy) is 5. The molecule has 0 spiro atoms. The van der Waals surface area contributed by atoms with E-state index in [1.807, 2.05) is 61.5 Å². The highest BCUT2D eigenvalue weighted by atomic mass is 32.1. The van der Waals surface area contributed by atoms with Crippen molar-refractivity contribution in [3.8, 4) is 33.7 Å². The van der Waals surface area contributed by atoms with E-state index >= 15 is 0 Å². The number of aromatic nitrogens is 3. The monoisotopic (exact) mass is 867 g/mol. The second kappa shape index (κ2) is 18.4. The van der Waals surface area contributed by atoms with Crippen molar-refractivity contribution in [2.75, 3.05) is 52.7 Å². The second-order valence-corrected chi connectivity index (χ2v) is 17.5. The van der Waals surface area contributed by atoms with Crippen LogP contribution in [0.15, 0.2) is 96.0 Å². The Balaban J connectivity index is 0.689. The molecule has 1 fully saturated rings. The molecule has 63 heavy (non-hydrogen) atoms. The van der Waals surface area contributed by atoms with Crippen LogP contribution in [-0.4, -0.2) is 94.4 Å². The molecule has 12 nitrogen and oxygen atoms in total. The summed E-state index contributed by atoms with van der Waals surface area (Å²) in [6, 6.07) is 28.4. The standard InChI is InChI=1S/C50H53N5O7S/c1-30-33(4)63-50-46(30)47(51-32(3)49-53-52-34(5)55(49)50)36-8-15-41(16-9-36)60-26-24-58-25-27-61-42-20-21-54(29-42)22-23-59-40-17-10-37(11-18-40)48-45(35-6-12-38(56)13-7-35)31(2)43-19-14-39(57)28-44(43)62-48/h6-19,28,32,42,48,56-57H,20-27,29H2,1-5H3/t32-,42+,48-/m0/s1. The number of phenols is 2. The highest BCUT2D eigenvalue weighted by molar-refractivity contribution is 7.15. The molecule has 2 aromatic heterocycles. The Hall–Kier alpha value is -5.99. The summed E-state index contributed by atoms with van der Waals surface area (Å²) in [7, 11) is 0. The third kappa shape index (κ3) is 8.96. The predicted molar refractivity (Wildman–Crippen MR) is 245 cm³/mol. The third-order valence-electron chi connectivity index (χ3n) is 12.1. The summed E-state index contributed by atoms with van der Waals surface area (Å²) >= 11 is 1.76. The van der Waals surface area contributed by atoms with Gasteiger partial charge in [0.05, 0.1) is 31.6 Å². The maximum atomic E-state index is 10.2. The highest BCUT2D eigenvalue weighted by Crippen LogP contribution is 2.48. The van der Waals surface area contributed by atoms with Crippen LogP contribution >= 0.6 is 11.3 Å². The zero-order valence-electron chi connectivity index (χ0n) is 36.3. The minimum Gasteiger partial charge on any atom is -0.508 e. The molecular weight excluding hydrogens is 815 g/mol. The Bertz CT molecular complexity index is 2640. The van der Waals surface area contributed by atoms with Crippen molar-refractivity contribution in [1.29, 1.82) is 0 Å². The van der Waals surface area contributed by atoms with Gasteiger partial charge in [-0.2, -0.15) is 0 Å². The van der Waals surface area contributed by atoms with E-state index in [0.717, 1.165) is 98.9 Å². The zero-order valence-corrected chi connectivity index (χ0v) is 37.2. The van der Waals surface area contributed by atoms with E-state index in [9.17, 15) is 10.2 Å². The Morgan fingerprint density at radius 1 is 0.778 bits per heavy atom. The van der Waals surface area contributed by atoms with Gasteiger partial charge in [0.25, 0.3) is 0 Å². The summed E-state index contributed by atoms with van der Waals surface area (Å²) in [5.74, 6) is 4.30. The molecule has 5 heterocycles. The number of allylic oxidation sites excluding steroid dienone is 1. The molecule has 3 aliphatic rings. The van der Waals surface area contributed by atoms with Gasteiger partial charge in [0.15, 0.2) is 5.82 Å². The van der Waals surface area contributed by atoms with E-state index < -0.39 is 6.10 Å². The molecule has 0 amide bonds. The zero-order chi connectivity index (χ0) is 43.6. The maximum Gasteiger partial charge on any atom is 0.162 e. The number of rotatable bonds is 15. The summed E-state index contributed by atoms with van der Waals surface area (Å²) in [6.07, 6.45) is 0.747. The lowest BCUT2D eigenvalue weighted by atomic mass is 9.86. The van der Waals surface area contributed by atoms with E-state index in [2.05, 4.69) is 59.5 Å². The first-order chi connectivity index (χ1) is 30.6. The molecule has 3 atom stereocenters. The lowest BCUT2D eigenvalue weighted by Crippen LogP contribution is -2.28. The number of thiophene rings is 1. The van der Waals surface area contributed by atoms with Crippen molar-refractivity contribution in [2.45, 2.75) is 59.3 Å². The first kappa shape index (κ1) is 42.3. The molecule has 2 N–H and O–H groups in total. The van der Waals surface area contributed by atoms with E-state index in [4.69, 9.17) is 28.7 Å². The summed E-state index contributed by atoms with van der Waals surface area (Å²) in [4.78, 5) is 8.78. The maximum absolute atomic E-state index is 10.2. The summed E-state index contributed by atoms with van der Waals surface area (Å²) < 4.78 is 32.9. The Morgan fingerprint density at radius 2 is 1.48 bits per heavy atom. The molecule has 3 aliphatic heterocycles. The molecule has 326 valence electrons. The molecule has 0 radical (unpaired) electrons.